The van der Waals surface area contributed by atoms with E-state index >= 15 is 0 Å². The molecule has 1 fully saturated rings. The van der Waals surface area contributed by atoms with Gasteiger partial charge in [-0.3, -0.25) is 14.4 Å². The maximum absolute atomic E-state index is 13.3. The minimum Gasteiger partial charge on any atom is -0.349 e. The number of amides is 3. The average molecular weight is 380 g/mol. The van der Waals surface area contributed by atoms with Crippen molar-refractivity contribution in [3.05, 3.63) is 12.7 Å². The lowest BCUT2D eigenvalue weighted by atomic mass is 9.77. The minimum absolute atomic E-state index is 0.0710. The first-order valence-electron chi connectivity index (χ1n) is 9.74. The number of rotatable bonds is 6. The highest BCUT2D eigenvalue weighted by molar-refractivity contribution is 5.92. The first kappa shape index (κ1) is 23.2. The molecular formula is C21H37N3O3. The molecule has 154 valence electrons. The molecule has 0 aromatic rings. The third kappa shape index (κ3) is 6.08. The molecule has 2 unspecified atom stereocenters. The van der Waals surface area contributed by atoms with Gasteiger partial charge in [-0.1, -0.05) is 26.8 Å². The molecule has 0 aliphatic carbocycles. The van der Waals surface area contributed by atoms with Gasteiger partial charge in [0.05, 0.1) is 0 Å². The quantitative estimate of drug-likeness (QED) is 0.697. The Bertz CT molecular complexity index is 586. The Labute approximate surface area is 164 Å². The molecule has 3 amide bonds. The molecule has 27 heavy (non-hydrogen) atoms. The van der Waals surface area contributed by atoms with Gasteiger partial charge in [-0.2, -0.15) is 0 Å². The highest BCUT2D eigenvalue weighted by atomic mass is 16.2. The second kappa shape index (κ2) is 8.44. The predicted octanol–water partition coefficient (Wildman–Crippen LogP) is 2.64. The molecule has 6 nitrogen and oxygen atoms in total. The van der Waals surface area contributed by atoms with Crippen molar-refractivity contribution < 1.29 is 14.4 Å². The van der Waals surface area contributed by atoms with Crippen LogP contribution in [0.2, 0.25) is 0 Å². The van der Waals surface area contributed by atoms with Crippen molar-refractivity contribution in [3.63, 3.8) is 0 Å². The molecular weight excluding hydrogens is 342 g/mol. The monoisotopic (exact) mass is 379 g/mol. The standard InChI is InChI=1S/C21H37N3O3/c1-9-10-12-21(22-15(2)25,17(26)23-20(6,7)8)16-11-13-24(14-16)18(27)19(3,4)5/h9,16H,1,10-14H2,2-8H3,(H,22,25)(H,23,26). The van der Waals surface area contributed by atoms with E-state index in [-0.39, 0.29) is 23.6 Å². The summed E-state index contributed by atoms with van der Waals surface area (Å²) in [4.78, 5) is 39.9. The summed E-state index contributed by atoms with van der Waals surface area (Å²) in [5.74, 6) is -0.512. The fraction of sp³-hybridized carbons (Fsp3) is 0.762. The highest BCUT2D eigenvalue weighted by Gasteiger charge is 2.50. The Balaban J connectivity index is 3.23. The van der Waals surface area contributed by atoms with Crippen LogP contribution in [0.25, 0.3) is 0 Å². The number of carbonyl (C=O) groups excluding carboxylic acids is 3. The van der Waals surface area contributed by atoms with Crippen molar-refractivity contribution in [2.75, 3.05) is 13.1 Å². The number of nitrogens with one attached hydrogen (secondary N) is 2. The van der Waals surface area contributed by atoms with Crippen LogP contribution in [0.5, 0.6) is 0 Å². The number of carbonyl (C=O) groups is 3. The van der Waals surface area contributed by atoms with E-state index < -0.39 is 16.5 Å². The molecule has 1 heterocycles. The van der Waals surface area contributed by atoms with E-state index in [2.05, 4.69) is 17.2 Å². The fourth-order valence-electron chi connectivity index (χ4n) is 3.64. The van der Waals surface area contributed by atoms with Crippen molar-refractivity contribution in [3.8, 4) is 0 Å². The van der Waals surface area contributed by atoms with Crippen LogP contribution in [-0.2, 0) is 14.4 Å². The number of allylic oxidation sites excluding steroid dienone is 1. The van der Waals surface area contributed by atoms with Crippen LogP contribution in [0, 0.1) is 11.3 Å². The SMILES string of the molecule is C=CCCC(NC(C)=O)(C(=O)NC(C)(C)C)C1CCN(C(=O)C(C)(C)C)C1. The summed E-state index contributed by atoms with van der Waals surface area (Å²) in [7, 11) is 0. The maximum atomic E-state index is 13.3. The molecule has 1 saturated heterocycles. The van der Waals surface area contributed by atoms with Gasteiger partial charge < -0.3 is 15.5 Å². The number of nitrogens with zero attached hydrogens (tertiary/aromatic N) is 1. The molecule has 0 aromatic heterocycles. The van der Waals surface area contributed by atoms with Gasteiger partial charge in [0.25, 0.3) is 0 Å². The third-order valence-electron chi connectivity index (χ3n) is 4.85. The Morgan fingerprint density at radius 1 is 1.11 bits per heavy atom. The van der Waals surface area contributed by atoms with Crippen molar-refractivity contribution in [2.24, 2.45) is 11.3 Å². The summed E-state index contributed by atoms with van der Waals surface area (Å²) in [6, 6.07) is 0. The molecule has 1 rings (SSSR count). The fourth-order valence-corrected chi connectivity index (χ4v) is 3.64. The molecule has 0 aromatic carbocycles. The summed E-state index contributed by atoms with van der Waals surface area (Å²) in [6.45, 7) is 17.7. The number of likely N-dealkylation sites (tertiary alicyclic amines) is 1. The van der Waals surface area contributed by atoms with Gasteiger partial charge in [0.1, 0.15) is 5.54 Å². The van der Waals surface area contributed by atoms with Crippen LogP contribution in [0.4, 0.5) is 0 Å². The lowest BCUT2D eigenvalue weighted by Crippen LogP contribution is -2.65. The van der Waals surface area contributed by atoms with Crippen molar-refractivity contribution in [1.29, 1.82) is 0 Å². The number of hydrogen-bond acceptors (Lipinski definition) is 3. The molecule has 2 atom stereocenters. The van der Waals surface area contributed by atoms with Gasteiger partial charge in [0.15, 0.2) is 0 Å². The first-order valence-corrected chi connectivity index (χ1v) is 9.74. The smallest absolute Gasteiger partial charge is 0.246 e. The van der Waals surface area contributed by atoms with Gasteiger partial charge in [-0.25, -0.2) is 0 Å². The van der Waals surface area contributed by atoms with E-state index in [4.69, 9.17) is 0 Å². The molecule has 0 spiro atoms. The molecule has 1 aliphatic heterocycles. The zero-order chi connectivity index (χ0) is 21.0. The van der Waals surface area contributed by atoms with Crippen molar-refractivity contribution in [2.45, 2.75) is 78.8 Å². The normalized spacial score (nSPS) is 20.0. The lowest BCUT2D eigenvalue weighted by molar-refractivity contribution is -0.140. The lowest BCUT2D eigenvalue weighted by Gasteiger charge is -2.40. The molecule has 6 heteroatoms. The zero-order valence-electron chi connectivity index (χ0n) is 18.1. The average Bonchev–Trinajstić information content (AvgIpc) is 2.97. The van der Waals surface area contributed by atoms with E-state index in [1.54, 1.807) is 6.08 Å². The summed E-state index contributed by atoms with van der Waals surface area (Å²) in [5, 5.41) is 5.99. The van der Waals surface area contributed by atoms with Gasteiger partial charge in [-0.05, 0) is 40.0 Å². The summed E-state index contributed by atoms with van der Waals surface area (Å²) in [6.07, 6.45) is 3.49. The summed E-state index contributed by atoms with van der Waals surface area (Å²) in [5.41, 5.74) is -1.95. The second-order valence-electron chi connectivity index (χ2n) is 9.67. The molecule has 0 bridgehead atoms. The van der Waals surface area contributed by atoms with E-state index in [1.807, 2.05) is 46.4 Å². The summed E-state index contributed by atoms with van der Waals surface area (Å²) >= 11 is 0. The molecule has 2 N–H and O–H groups in total. The predicted molar refractivity (Wildman–Crippen MR) is 108 cm³/mol. The molecule has 0 saturated carbocycles. The van der Waals surface area contributed by atoms with Crippen LogP contribution in [-0.4, -0.2) is 46.8 Å². The van der Waals surface area contributed by atoms with Crippen LogP contribution in [0.1, 0.15) is 67.7 Å². The Kier molecular flexibility index (Phi) is 7.25. The minimum atomic E-state index is -1.06. The number of hydrogen-bond donors (Lipinski definition) is 2. The Hall–Kier alpha value is -1.85. The highest BCUT2D eigenvalue weighted by Crippen LogP contribution is 2.34. The van der Waals surface area contributed by atoms with E-state index in [0.29, 0.717) is 32.4 Å². The van der Waals surface area contributed by atoms with Gasteiger partial charge in [0.2, 0.25) is 17.7 Å². The molecule has 1 aliphatic rings. The maximum Gasteiger partial charge on any atom is 0.246 e. The van der Waals surface area contributed by atoms with Gasteiger partial charge in [0, 0.05) is 36.9 Å². The second-order valence-corrected chi connectivity index (χ2v) is 9.67. The van der Waals surface area contributed by atoms with E-state index in [9.17, 15) is 14.4 Å². The van der Waals surface area contributed by atoms with Crippen LogP contribution >= 0.6 is 0 Å². The molecule has 0 radical (unpaired) electrons. The van der Waals surface area contributed by atoms with Crippen LogP contribution in [0.15, 0.2) is 12.7 Å². The third-order valence-corrected chi connectivity index (χ3v) is 4.85. The largest absolute Gasteiger partial charge is 0.349 e. The van der Waals surface area contributed by atoms with Crippen molar-refractivity contribution in [1.82, 2.24) is 15.5 Å². The van der Waals surface area contributed by atoms with Gasteiger partial charge >= 0.3 is 0 Å². The van der Waals surface area contributed by atoms with E-state index in [1.165, 1.54) is 6.92 Å². The topological polar surface area (TPSA) is 78.5 Å². The Morgan fingerprint density at radius 2 is 1.70 bits per heavy atom. The zero-order valence-corrected chi connectivity index (χ0v) is 18.1. The Morgan fingerprint density at radius 3 is 2.15 bits per heavy atom. The van der Waals surface area contributed by atoms with Crippen LogP contribution < -0.4 is 10.6 Å². The first-order chi connectivity index (χ1) is 12.2. The van der Waals surface area contributed by atoms with Crippen LogP contribution in [0.3, 0.4) is 0 Å². The van der Waals surface area contributed by atoms with Crippen molar-refractivity contribution >= 4 is 17.7 Å². The van der Waals surface area contributed by atoms with E-state index in [0.717, 1.165) is 0 Å². The summed E-state index contributed by atoms with van der Waals surface area (Å²) < 4.78 is 0. The van der Waals surface area contributed by atoms with Gasteiger partial charge in [-0.15, -0.1) is 6.58 Å².